The Morgan fingerprint density at radius 3 is 2.73 bits per heavy atom. The van der Waals surface area contributed by atoms with E-state index in [1.54, 1.807) is 25.2 Å². The van der Waals surface area contributed by atoms with Crippen LogP contribution < -0.4 is 0 Å². The molecular weight excluding hydrogens is 366 g/mol. The SMILES string of the molecule is Cc1nc(C)c(C#N)c(SCC(=O)N2CCN(Cc3cccs3)CC2)n1. The van der Waals surface area contributed by atoms with Crippen LogP contribution in [-0.4, -0.2) is 57.6 Å². The van der Waals surface area contributed by atoms with E-state index in [0.717, 1.165) is 32.7 Å². The van der Waals surface area contributed by atoms with E-state index in [1.807, 2.05) is 4.90 Å². The zero-order valence-corrected chi connectivity index (χ0v) is 16.6. The zero-order valence-electron chi connectivity index (χ0n) is 14.9. The van der Waals surface area contributed by atoms with Crippen LogP contribution in [0.1, 0.15) is 22.0 Å². The third-order valence-electron chi connectivity index (χ3n) is 4.30. The van der Waals surface area contributed by atoms with Crippen LogP contribution in [0, 0.1) is 25.2 Å². The Morgan fingerprint density at radius 2 is 2.08 bits per heavy atom. The Hall–Kier alpha value is -1.95. The Balaban J connectivity index is 1.51. The number of hydrogen-bond acceptors (Lipinski definition) is 7. The van der Waals surface area contributed by atoms with Gasteiger partial charge in [-0.3, -0.25) is 9.69 Å². The van der Waals surface area contributed by atoms with Crippen molar-refractivity contribution in [3.8, 4) is 6.07 Å². The number of amides is 1. The lowest BCUT2D eigenvalue weighted by Crippen LogP contribution is -2.48. The summed E-state index contributed by atoms with van der Waals surface area (Å²) in [5.74, 6) is 1.03. The number of thiophene rings is 1. The number of carbonyl (C=O) groups excluding carboxylic acids is 1. The van der Waals surface area contributed by atoms with Gasteiger partial charge in [-0.2, -0.15) is 5.26 Å². The van der Waals surface area contributed by atoms with Crippen LogP contribution in [0.5, 0.6) is 0 Å². The van der Waals surface area contributed by atoms with Crippen LogP contribution in [0.3, 0.4) is 0 Å². The zero-order chi connectivity index (χ0) is 18.5. The standard InChI is InChI=1S/C18H21N5OS2/c1-13-16(10-19)18(21-14(2)20-13)26-12-17(24)23-7-5-22(6-8-23)11-15-4-3-9-25-15/h3-4,9H,5-8,11-12H2,1-2H3. The monoisotopic (exact) mass is 387 g/mol. The number of piperazine rings is 1. The first-order valence-electron chi connectivity index (χ1n) is 8.47. The number of carbonyl (C=O) groups is 1. The van der Waals surface area contributed by atoms with Gasteiger partial charge in [-0.05, 0) is 25.3 Å². The largest absolute Gasteiger partial charge is 0.339 e. The van der Waals surface area contributed by atoms with Crippen molar-refractivity contribution in [2.24, 2.45) is 0 Å². The number of aryl methyl sites for hydroxylation is 2. The minimum atomic E-state index is 0.101. The molecule has 3 heterocycles. The van der Waals surface area contributed by atoms with Crippen LogP contribution in [0.4, 0.5) is 0 Å². The van der Waals surface area contributed by atoms with Crippen molar-refractivity contribution in [2.75, 3.05) is 31.9 Å². The third kappa shape index (κ3) is 4.61. The van der Waals surface area contributed by atoms with Gasteiger partial charge in [0.25, 0.3) is 0 Å². The molecule has 8 heteroatoms. The first kappa shape index (κ1) is 18.8. The average Bonchev–Trinajstić information content (AvgIpc) is 3.13. The van der Waals surface area contributed by atoms with E-state index in [-0.39, 0.29) is 5.91 Å². The van der Waals surface area contributed by atoms with E-state index in [2.05, 4.69) is 38.4 Å². The molecule has 1 amide bonds. The van der Waals surface area contributed by atoms with Gasteiger partial charge in [-0.1, -0.05) is 17.8 Å². The second-order valence-corrected chi connectivity index (χ2v) is 8.17. The van der Waals surface area contributed by atoms with Crippen LogP contribution in [-0.2, 0) is 11.3 Å². The highest BCUT2D eigenvalue weighted by molar-refractivity contribution is 8.00. The summed E-state index contributed by atoms with van der Waals surface area (Å²) >= 11 is 3.10. The van der Waals surface area contributed by atoms with E-state index in [9.17, 15) is 10.1 Å². The van der Waals surface area contributed by atoms with Crippen molar-refractivity contribution in [1.29, 1.82) is 5.26 Å². The Labute approximate surface area is 161 Å². The van der Waals surface area contributed by atoms with E-state index in [4.69, 9.17) is 0 Å². The molecule has 0 aliphatic carbocycles. The molecule has 0 radical (unpaired) electrons. The number of rotatable bonds is 5. The molecule has 0 aromatic carbocycles. The summed E-state index contributed by atoms with van der Waals surface area (Å²) in [6.45, 7) is 7.83. The van der Waals surface area contributed by atoms with Gasteiger partial charge in [-0.25, -0.2) is 9.97 Å². The summed E-state index contributed by atoms with van der Waals surface area (Å²) < 4.78 is 0. The van der Waals surface area contributed by atoms with Crippen LogP contribution >= 0.6 is 23.1 Å². The average molecular weight is 388 g/mol. The molecule has 1 fully saturated rings. The third-order valence-corrected chi connectivity index (χ3v) is 6.12. The van der Waals surface area contributed by atoms with E-state index in [0.29, 0.717) is 27.9 Å². The maximum atomic E-state index is 12.5. The quantitative estimate of drug-likeness (QED) is 0.580. The van der Waals surface area contributed by atoms with Crippen molar-refractivity contribution >= 4 is 29.0 Å². The lowest BCUT2D eigenvalue weighted by molar-refractivity contribution is -0.130. The molecule has 1 aliphatic rings. The Kier molecular flexibility index (Phi) is 6.25. The minimum absolute atomic E-state index is 0.101. The fourth-order valence-corrected chi connectivity index (χ4v) is 4.64. The number of hydrogen-bond donors (Lipinski definition) is 0. The van der Waals surface area contributed by atoms with Crippen LogP contribution in [0.25, 0.3) is 0 Å². The summed E-state index contributed by atoms with van der Waals surface area (Å²) in [7, 11) is 0. The van der Waals surface area contributed by atoms with Crippen molar-refractivity contribution < 1.29 is 4.79 Å². The Bertz CT molecular complexity index is 808. The number of thioether (sulfide) groups is 1. The fraction of sp³-hybridized carbons (Fsp3) is 0.444. The van der Waals surface area contributed by atoms with Gasteiger partial charge < -0.3 is 4.90 Å². The topological polar surface area (TPSA) is 73.1 Å². The van der Waals surface area contributed by atoms with E-state index < -0.39 is 0 Å². The fourth-order valence-electron chi connectivity index (χ4n) is 2.91. The minimum Gasteiger partial charge on any atom is -0.339 e. The van der Waals surface area contributed by atoms with Gasteiger partial charge in [0.15, 0.2) is 0 Å². The molecule has 2 aromatic heterocycles. The molecule has 136 valence electrons. The summed E-state index contributed by atoms with van der Waals surface area (Å²) in [5.41, 5.74) is 1.13. The molecule has 0 bridgehead atoms. The van der Waals surface area contributed by atoms with Gasteiger partial charge in [0, 0.05) is 37.6 Å². The molecule has 0 saturated carbocycles. The molecule has 0 atom stereocenters. The molecule has 1 aliphatic heterocycles. The number of aromatic nitrogens is 2. The highest BCUT2D eigenvalue weighted by Crippen LogP contribution is 2.22. The lowest BCUT2D eigenvalue weighted by Gasteiger charge is -2.34. The van der Waals surface area contributed by atoms with Crippen molar-refractivity contribution in [3.63, 3.8) is 0 Å². The van der Waals surface area contributed by atoms with E-state index >= 15 is 0 Å². The van der Waals surface area contributed by atoms with Gasteiger partial charge in [0.1, 0.15) is 22.5 Å². The molecular formula is C18H21N5OS2. The predicted octanol–water partition coefficient (Wildman–Crippen LogP) is 2.46. The molecule has 6 nitrogen and oxygen atoms in total. The summed E-state index contributed by atoms with van der Waals surface area (Å²) in [6, 6.07) is 6.37. The summed E-state index contributed by atoms with van der Waals surface area (Å²) in [6.07, 6.45) is 0. The highest BCUT2D eigenvalue weighted by Gasteiger charge is 2.22. The first-order chi connectivity index (χ1) is 12.6. The predicted molar refractivity (Wildman–Crippen MR) is 103 cm³/mol. The molecule has 26 heavy (non-hydrogen) atoms. The molecule has 0 N–H and O–H groups in total. The van der Waals surface area contributed by atoms with Gasteiger partial charge in [-0.15, -0.1) is 11.3 Å². The summed E-state index contributed by atoms with van der Waals surface area (Å²) in [4.78, 5) is 26.7. The second kappa shape index (κ2) is 8.62. The van der Waals surface area contributed by atoms with Gasteiger partial charge in [0.05, 0.1) is 11.4 Å². The number of nitrogens with zero attached hydrogens (tertiary/aromatic N) is 5. The van der Waals surface area contributed by atoms with Crippen LogP contribution in [0.15, 0.2) is 22.5 Å². The summed E-state index contributed by atoms with van der Waals surface area (Å²) in [5, 5.41) is 12.0. The molecule has 2 aromatic rings. The Morgan fingerprint density at radius 1 is 1.31 bits per heavy atom. The highest BCUT2D eigenvalue weighted by atomic mass is 32.2. The van der Waals surface area contributed by atoms with Crippen LogP contribution in [0.2, 0.25) is 0 Å². The van der Waals surface area contributed by atoms with E-state index in [1.165, 1.54) is 16.6 Å². The molecule has 1 saturated heterocycles. The molecule has 0 spiro atoms. The molecule has 3 rings (SSSR count). The first-order valence-corrected chi connectivity index (χ1v) is 10.3. The van der Waals surface area contributed by atoms with Crippen molar-refractivity contribution in [3.05, 3.63) is 39.5 Å². The van der Waals surface area contributed by atoms with Crippen molar-refractivity contribution in [1.82, 2.24) is 19.8 Å². The van der Waals surface area contributed by atoms with Gasteiger partial charge >= 0.3 is 0 Å². The van der Waals surface area contributed by atoms with Crippen molar-refractivity contribution in [2.45, 2.75) is 25.4 Å². The second-order valence-electron chi connectivity index (χ2n) is 6.17. The smallest absolute Gasteiger partial charge is 0.233 e. The number of nitriles is 1. The maximum Gasteiger partial charge on any atom is 0.233 e. The maximum absolute atomic E-state index is 12.5. The van der Waals surface area contributed by atoms with Gasteiger partial charge in [0.2, 0.25) is 5.91 Å². The normalized spacial score (nSPS) is 15.0. The molecule has 0 unspecified atom stereocenters. The lowest BCUT2D eigenvalue weighted by atomic mass is 10.3.